The maximum absolute atomic E-state index is 10.2. The minimum absolute atomic E-state index is 0.348. The van der Waals surface area contributed by atoms with E-state index in [1.54, 1.807) is 6.92 Å². The molecule has 0 aliphatic heterocycles. The van der Waals surface area contributed by atoms with Crippen molar-refractivity contribution in [2.75, 3.05) is 13.2 Å². The van der Waals surface area contributed by atoms with Crippen LogP contribution in [0.1, 0.15) is 169 Å². The molecule has 0 aromatic heterocycles. The van der Waals surface area contributed by atoms with Crippen molar-refractivity contribution in [2.45, 2.75) is 181 Å². The highest BCUT2D eigenvalue weighted by Crippen LogP contribution is 2.20. The molecule has 0 aromatic carbocycles. The Kier molecular flexibility index (Phi) is 24.9. The van der Waals surface area contributed by atoms with Gasteiger partial charge in [0.05, 0.1) is 6.10 Å². The summed E-state index contributed by atoms with van der Waals surface area (Å²) in [5.74, 6) is -0.990. The van der Waals surface area contributed by atoms with Crippen molar-refractivity contribution in [3.8, 4) is 0 Å². The summed E-state index contributed by atoms with van der Waals surface area (Å²) >= 11 is 0. The highest BCUT2D eigenvalue weighted by molar-refractivity contribution is 4.65. The Bertz CT molecular complexity index is 370. The molecule has 3 nitrogen and oxygen atoms in total. The first kappa shape index (κ1) is 32.9. The van der Waals surface area contributed by atoms with E-state index >= 15 is 0 Å². The minimum Gasteiger partial charge on any atom is -0.378 e. The molecule has 2 unspecified atom stereocenters. The van der Waals surface area contributed by atoms with E-state index in [9.17, 15) is 5.11 Å². The molecule has 3 heteroatoms. The van der Waals surface area contributed by atoms with E-state index in [1.165, 1.54) is 116 Å². The summed E-state index contributed by atoms with van der Waals surface area (Å²) < 4.78 is 11.7. The molecule has 0 amide bonds. The van der Waals surface area contributed by atoms with Gasteiger partial charge in [0.1, 0.15) is 0 Å². The van der Waals surface area contributed by atoms with Gasteiger partial charge in [0.25, 0.3) is 0 Å². The second-order valence-electron chi connectivity index (χ2n) is 10.4. The number of rotatable bonds is 27. The van der Waals surface area contributed by atoms with Crippen molar-refractivity contribution in [3.05, 3.63) is 0 Å². The molecule has 0 heterocycles. The molecule has 1 N–H and O–H groups in total. The van der Waals surface area contributed by atoms with Crippen LogP contribution in [0.15, 0.2) is 0 Å². The normalized spacial score (nSPS) is 14.5. The monoisotopic (exact) mass is 470 g/mol. The third kappa shape index (κ3) is 24.8. The van der Waals surface area contributed by atoms with Gasteiger partial charge in [-0.15, -0.1) is 0 Å². The van der Waals surface area contributed by atoms with Gasteiger partial charge in [0.2, 0.25) is 0 Å². The van der Waals surface area contributed by atoms with Crippen molar-refractivity contribution in [1.82, 2.24) is 0 Å². The standard InChI is InChI=1S/C30H62O3/c1-5-8-10-12-13-14-15-16-17-18-19-20-21-23-28-32-29(25-22-11-9-6-2)26-24-27-30(4,31)33-7-3/h29,31H,5-28H2,1-4H3. The molecule has 0 saturated heterocycles. The third-order valence-electron chi connectivity index (χ3n) is 6.85. The molecule has 0 spiro atoms. The van der Waals surface area contributed by atoms with Gasteiger partial charge in [-0.3, -0.25) is 0 Å². The number of hydrogen-bond acceptors (Lipinski definition) is 3. The predicted octanol–water partition coefficient (Wildman–Crippen LogP) is 9.74. The van der Waals surface area contributed by atoms with Crippen LogP contribution in [-0.4, -0.2) is 30.2 Å². The molecule has 0 radical (unpaired) electrons. The maximum Gasteiger partial charge on any atom is 0.162 e. The maximum atomic E-state index is 10.2. The van der Waals surface area contributed by atoms with E-state index in [2.05, 4.69) is 13.8 Å². The van der Waals surface area contributed by atoms with E-state index in [-0.39, 0.29) is 0 Å². The molecule has 0 aliphatic rings. The van der Waals surface area contributed by atoms with E-state index < -0.39 is 5.79 Å². The van der Waals surface area contributed by atoms with Crippen LogP contribution in [0.4, 0.5) is 0 Å². The minimum atomic E-state index is -0.990. The molecular weight excluding hydrogens is 408 g/mol. The molecule has 0 aromatic rings. The highest BCUT2D eigenvalue weighted by Gasteiger charge is 2.20. The van der Waals surface area contributed by atoms with Gasteiger partial charge >= 0.3 is 0 Å². The molecule has 2 atom stereocenters. The van der Waals surface area contributed by atoms with E-state index in [0.29, 0.717) is 19.1 Å². The summed E-state index contributed by atoms with van der Waals surface area (Å²) in [6.07, 6.45) is 28.9. The molecule has 0 aliphatic carbocycles. The van der Waals surface area contributed by atoms with Gasteiger partial charge in [-0.2, -0.15) is 0 Å². The molecule has 0 saturated carbocycles. The van der Waals surface area contributed by atoms with Gasteiger partial charge in [0, 0.05) is 19.6 Å². The van der Waals surface area contributed by atoms with E-state index in [1.807, 2.05) is 6.92 Å². The quantitative estimate of drug-likeness (QED) is 0.0958. The van der Waals surface area contributed by atoms with Crippen LogP contribution in [0, 0.1) is 0 Å². The molecule has 0 rings (SSSR count). The lowest BCUT2D eigenvalue weighted by Crippen LogP contribution is -2.28. The van der Waals surface area contributed by atoms with Crippen LogP contribution in [0.25, 0.3) is 0 Å². The van der Waals surface area contributed by atoms with Gasteiger partial charge in [-0.05, 0) is 39.5 Å². The van der Waals surface area contributed by atoms with Crippen molar-refractivity contribution in [1.29, 1.82) is 0 Å². The Morgan fingerprint density at radius 2 is 1.00 bits per heavy atom. The van der Waals surface area contributed by atoms with Gasteiger partial charge in [-0.25, -0.2) is 0 Å². The van der Waals surface area contributed by atoms with Gasteiger partial charge in [0.15, 0.2) is 5.79 Å². The van der Waals surface area contributed by atoms with Crippen molar-refractivity contribution >= 4 is 0 Å². The van der Waals surface area contributed by atoms with Crippen LogP contribution < -0.4 is 0 Å². The fourth-order valence-corrected chi connectivity index (χ4v) is 4.70. The van der Waals surface area contributed by atoms with Crippen LogP contribution in [0.3, 0.4) is 0 Å². The summed E-state index contributed by atoms with van der Waals surface area (Å²) in [6.45, 7) is 9.73. The summed E-state index contributed by atoms with van der Waals surface area (Å²) in [6, 6.07) is 0. The van der Waals surface area contributed by atoms with E-state index in [4.69, 9.17) is 9.47 Å². The SMILES string of the molecule is CCCCCCCCCCCCCCCCOC(CCCCCC)CCCC(C)(O)OCC. The summed E-state index contributed by atoms with van der Waals surface area (Å²) in [5.41, 5.74) is 0. The first-order valence-corrected chi connectivity index (χ1v) is 15.0. The lowest BCUT2D eigenvalue weighted by molar-refractivity contribution is -0.192. The van der Waals surface area contributed by atoms with Crippen LogP contribution in [-0.2, 0) is 9.47 Å². The smallest absolute Gasteiger partial charge is 0.162 e. The van der Waals surface area contributed by atoms with Crippen LogP contribution in [0.2, 0.25) is 0 Å². The lowest BCUT2D eigenvalue weighted by Gasteiger charge is -2.24. The second-order valence-corrected chi connectivity index (χ2v) is 10.4. The van der Waals surface area contributed by atoms with E-state index in [0.717, 1.165) is 25.9 Å². The Morgan fingerprint density at radius 1 is 0.576 bits per heavy atom. The number of aliphatic hydroxyl groups is 1. The number of hydrogen-bond donors (Lipinski definition) is 1. The molecule has 33 heavy (non-hydrogen) atoms. The Hall–Kier alpha value is -0.120. The largest absolute Gasteiger partial charge is 0.378 e. The molecule has 0 bridgehead atoms. The first-order chi connectivity index (χ1) is 16.1. The Balaban J connectivity index is 3.72. The third-order valence-corrected chi connectivity index (χ3v) is 6.85. The van der Waals surface area contributed by atoms with Crippen LogP contribution in [0.5, 0.6) is 0 Å². The fraction of sp³-hybridized carbons (Fsp3) is 1.00. The Labute approximate surface area is 208 Å². The summed E-state index contributed by atoms with van der Waals surface area (Å²) in [7, 11) is 0. The average Bonchev–Trinajstić information content (AvgIpc) is 2.78. The number of unbranched alkanes of at least 4 members (excludes halogenated alkanes) is 16. The zero-order valence-electron chi connectivity index (χ0n) is 23.3. The van der Waals surface area contributed by atoms with Gasteiger partial charge in [-0.1, -0.05) is 123 Å². The molecular formula is C30H62O3. The second kappa shape index (κ2) is 25.0. The fourth-order valence-electron chi connectivity index (χ4n) is 4.70. The van der Waals surface area contributed by atoms with Gasteiger partial charge < -0.3 is 14.6 Å². The summed E-state index contributed by atoms with van der Waals surface area (Å²) in [4.78, 5) is 0. The summed E-state index contributed by atoms with van der Waals surface area (Å²) in [5, 5.41) is 10.2. The molecule has 0 fully saturated rings. The Morgan fingerprint density at radius 3 is 1.48 bits per heavy atom. The number of ether oxygens (including phenoxy) is 2. The topological polar surface area (TPSA) is 38.7 Å². The van der Waals surface area contributed by atoms with Crippen LogP contribution >= 0.6 is 0 Å². The van der Waals surface area contributed by atoms with Crippen molar-refractivity contribution in [2.24, 2.45) is 0 Å². The molecule has 200 valence electrons. The van der Waals surface area contributed by atoms with Crippen molar-refractivity contribution < 1.29 is 14.6 Å². The zero-order valence-corrected chi connectivity index (χ0v) is 23.3. The van der Waals surface area contributed by atoms with Crippen molar-refractivity contribution in [3.63, 3.8) is 0 Å². The predicted molar refractivity (Wildman–Crippen MR) is 145 cm³/mol. The average molecular weight is 471 g/mol. The first-order valence-electron chi connectivity index (χ1n) is 15.0. The zero-order chi connectivity index (χ0) is 24.5. The lowest BCUT2D eigenvalue weighted by atomic mass is 10.0. The highest BCUT2D eigenvalue weighted by atomic mass is 16.6.